The van der Waals surface area contributed by atoms with E-state index in [-0.39, 0.29) is 24.0 Å². The van der Waals surface area contributed by atoms with Gasteiger partial charge in [0.25, 0.3) is 0 Å². The normalized spacial score (nSPS) is 16.0. The van der Waals surface area contributed by atoms with E-state index in [1.165, 1.54) is 55.9 Å². The van der Waals surface area contributed by atoms with Crippen molar-refractivity contribution in [3.63, 3.8) is 0 Å². The highest BCUT2D eigenvalue weighted by atomic mass is 127. The maximum Gasteiger partial charge on any atom is 0.191 e. The maximum absolute atomic E-state index is 4.30. The standard InChI is InChI=1S/C20H35N5S.HI/c1-21-20(22-10-4-5-15-26-3)23-16-18-6-8-19(9-7-18)17-25-13-11-24(2)12-14-25;/h6-9H,4-5,10-17H2,1-3H3,(H2,21,22,23);1H. The van der Waals surface area contributed by atoms with E-state index in [1.54, 1.807) is 0 Å². The Morgan fingerprint density at radius 3 is 2.33 bits per heavy atom. The average Bonchev–Trinajstić information content (AvgIpc) is 2.67. The van der Waals surface area contributed by atoms with Crippen molar-refractivity contribution >= 4 is 41.7 Å². The van der Waals surface area contributed by atoms with Crippen LogP contribution in [0.5, 0.6) is 0 Å². The molecule has 0 unspecified atom stereocenters. The molecule has 0 spiro atoms. The minimum absolute atomic E-state index is 0. The fourth-order valence-electron chi connectivity index (χ4n) is 3.01. The van der Waals surface area contributed by atoms with Gasteiger partial charge in [0.15, 0.2) is 5.96 Å². The Bertz CT molecular complexity index is 530. The van der Waals surface area contributed by atoms with Crippen LogP contribution >= 0.6 is 35.7 Å². The van der Waals surface area contributed by atoms with Gasteiger partial charge in [-0.15, -0.1) is 24.0 Å². The Hall–Kier alpha value is -0.510. The van der Waals surface area contributed by atoms with Gasteiger partial charge in [0.1, 0.15) is 0 Å². The number of rotatable bonds is 9. The number of nitrogens with zero attached hydrogens (tertiary/aromatic N) is 3. The van der Waals surface area contributed by atoms with Crippen LogP contribution in [0.25, 0.3) is 0 Å². The van der Waals surface area contributed by atoms with E-state index in [0.29, 0.717) is 0 Å². The number of thioether (sulfide) groups is 1. The van der Waals surface area contributed by atoms with Crippen LogP contribution in [-0.2, 0) is 13.1 Å². The summed E-state index contributed by atoms with van der Waals surface area (Å²) in [6.07, 6.45) is 4.59. The molecule has 2 N–H and O–H groups in total. The minimum Gasteiger partial charge on any atom is -0.356 e. The number of hydrogen-bond donors (Lipinski definition) is 2. The maximum atomic E-state index is 4.30. The summed E-state index contributed by atoms with van der Waals surface area (Å²) in [5.41, 5.74) is 2.69. The van der Waals surface area contributed by atoms with Crippen LogP contribution in [-0.4, -0.2) is 74.6 Å². The van der Waals surface area contributed by atoms with Crippen LogP contribution in [0.15, 0.2) is 29.3 Å². The van der Waals surface area contributed by atoms with Gasteiger partial charge in [-0.05, 0) is 43.0 Å². The topological polar surface area (TPSA) is 42.9 Å². The van der Waals surface area contributed by atoms with Crippen molar-refractivity contribution in [2.24, 2.45) is 4.99 Å². The van der Waals surface area contributed by atoms with Crippen molar-refractivity contribution in [1.29, 1.82) is 0 Å². The molecule has 154 valence electrons. The largest absolute Gasteiger partial charge is 0.356 e. The van der Waals surface area contributed by atoms with E-state index >= 15 is 0 Å². The van der Waals surface area contributed by atoms with Crippen LogP contribution in [0.1, 0.15) is 24.0 Å². The lowest BCUT2D eigenvalue weighted by atomic mass is 10.1. The molecule has 1 heterocycles. The molecule has 7 heteroatoms. The third-order valence-electron chi connectivity index (χ3n) is 4.78. The van der Waals surface area contributed by atoms with Gasteiger partial charge in [-0.3, -0.25) is 9.89 Å². The van der Waals surface area contributed by atoms with Gasteiger partial charge in [-0.1, -0.05) is 24.3 Å². The molecule has 1 aliphatic heterocycles. The third kappa shape index (κ3) is 10.0. The number of benzene rings is 1. The summed E-state index contributed by atoms with van der Waals surface area (Å²) >= 11 is 1.91. The number of unbranched alkanes of at least 4 members (excludes halogenated alkanes) is 1. The Morgan fingerprint density at radius 1 is 1.04 bits per heavy atom. The SMILES string of the molecule is CN=C(NCCCCSC)NCc1ccc(CN2CCN(C)CC2)cc1.I. The van der Waals surface area contributed by atoms with Crippen LogP contribution in [0.4, 0.5) is 0 Å². The van der Waals surface area contributed by atoms with Crippen molar-refractivity contribution in [3.05, 3.63) is 35.4 Å². The van der Waals surface area contributed by atoms with Gasteiger partial charge in [-0.25, -0.2) is 0 Å². The van der Waals surface area contributed by atoms with Gasteiger partial charge in [0.2, 0.25) is 0 Å². The predicted octanol–water partition coefficient (Wildman–Crippen LogP) is 2.86. The van der Waals surface area contributed by atoms with E-state index in [4.69, 9.17) is 0 Å². The van der Waals surface area contributed by atoms with Gasteiger partial charge >= 0.3 is 0 Å². The number of halogens is 1. The molecule has 1 aromatic rings. The first-order valence-electron chi connectivity index (χ1n) is 9.63. The van der Waals surface area contributed by atoms with Gasteiger partial charge in [-0.2, -0.15) is 11.8 Å². The van der Waals surface area contributed by atoms with E-state index in [1.807, 2.05) is 18.8 Å². The van der Waals surface area contributed by atoms with E-state index < -0.39 is 0 Å². The third-order valence-corrected chi connectivity index (χ3v) is 5.47. The van der Waals surface area contributed by atoms with Crippen LogP contribution < -0.4 is 10.6 Å². The molecule has 0 atom stereocenters. The Balaban J connectivity index is 0.00000364. The zero-order chi connectivity index (χ0) is 18.6. The van der Waals surface area contributed by atoms with E-state index in [9.17, 15) is 0 Å². The highest BCUT2D eigenvalue weighted by Crippen LogP contribution is 2.09. The number of likely N-dealkylation sites (N-methyl/N-ethyl adjacent to an activating group) is 1. The van der Waals surface area contributed by atoms with Crippen LogP contribution in [0, 0.1) is 0 Å². The van der Waals surface area contributed by atoms with Crippen molar-refractivity contribution < 1.29 is 0 Å². The first-order chi connectivity index (χ1) is 12.7. The van der Waals surface area contributed by atoms with Gasteiger partial charge in [0.05, 0.1) is 0 Å². The minimum atomic E-state index is 0. The summed E-state index contributed by atoms with van der Waals surface area (Å²) in [5.74, 6) is 2.12. The van der Waals surface area contributed by atoms with Gasteiger partial charge < -0.3 is 15.5 Å². The quantitative estimate of drug-likeness (QED) is 0.234. The molecule has 5 nitrogen and oxygen atoms in total. The van der Waals surface area contributed by atoms with Crippen molar-refractivity contribution in [2.75, 3.05) is 58.8 Å². The summed E-state index contributed by atoms with van der Waals surface area (Å²) in [7, 11) is 4.03. The Labute approximate surface area is 186 Å². The summed E-state index contributed by atoms with van der Waals surface area (Å²) in [6, 6.07) is 8.97. The molecule has 0 bridgehead atoms. The van der Waals surface area contributed by atoms with Crippen molar-refractivity contribution in [1.82, 2.24) is 20.4 Å². The monoisotopic (exact) mass is 505 g/mol. The first-order valence-corrected chi connectivity index (χ1v) is 11.0. The van der Waals surface area contributed by atoms with Crippen molar-refractivity contribution in [3.8, 4) is 0 Å². The molecule has 0 saturated carbocycles. The molecule has 1 fully saturated rings. The average molecular weight is 506 g/mol. The summed E-state index contributed by atoms with van der Waals surface area (Å²) < 4.78 is 0. The second-order valence-electron chi connectivity index (χ2n) is 6.95. The molecule has 1 aliphatic rings. The number of guanidine groups is 1. The number of aliphatic imine (C=N–C) groups is 1. The fraction of sp³-hybridized carbons (Fsp3) is 0.650. The molecule has 2 rings (SSSR count). The summed E-state index contributed by atoms with van der Waals surface area (Å²) in [6.45, 7) is 7.51. The zero-order valence-electron chi connectivity index (χ0n) is 17.0. The lowest BCUT2D eigenvalue weighted by Crippen LogP contribution is -2.43. The molecular weight excluding hydrogens is 469 g/mol. The summed E-state index contributed by atoms with van der Waals surface area (Å²) in [5, 5.41) is 6.79. The van der Waals surface area contributed by atoms with Crippen LogP contribution in [0.2, 0.25) is 0 Å². The molecule has 0 amide bonds. The van der Waals surface area contributed by atoms with Crippen LogP contribution in [0.3, 0.4) is 0 Å². The zero-order valence-corrected chi connectivity index (χ0v) is 20.2. The predicted molar refractivity (Wildman–Crippen MR) is 130 cm³/mol. The molecular formula is C20H36IN5S. The molecule has 0 aromatic heterocycles. The molecule has 0 radical (unpaired) electrons. The lowest BCUT2D eigenvalue weighted by Gasteiger charge is -2.32. The summed E-state index contributed by atoms with van der Waals surface area (Å²) in [4.78, 5) is 9.24. The highest BCUT2D eigenvalue weighted by molar-refractivity contribution is 14.0. The molecule has 1 saturated heterocycles. The van der Waals surface area contributed by atoms with Crippen molar-refractivity contribution in [2.45, 2.75) is 25.9 Å². The Morgan fingerprint density at radius 2 is 1.70 bits per heavy atom. The molecule has 0 aliphatic carbocycles. The second-order valence-corrected chi connectivity index (χ2v) is 7.93. The molecule has 27 heavy (non-hydrogen) atoms. The lowest BCUT2D eigenvalue weighted by molar-refractivity contribution is 0.148. The first kappa shape index (κ1) is 24.5. The highest BCUT2D eigenvalue weighted by Gasteiger charge is 2.13. The van der Waals surface area contributed by atoms with E-state index in [0.717, 1.165) is 25.6 Å². The number of piperazine rings is 1. The second kappa shape index (κ2) is 14.5. The number of nitrogens with one attached hydrogen (secondary N) is 2. The molecule has 1 aromatic carbocycles. The smallest absolute Gasteiger partial charge is 0.191 e. The Kier molecular flexibility index (Phi) is 13.2. The van der Waals surface area contributed by atoms with Gasteiger partial charge in [0, 0.05) is 52.9 Å². The fourth-order valence-corrected chi connectivity index (χ4v) is 3.50. The van der Waals surface area contributed by atoms with E-state index in [2.05, 4.69) is 63.0 Å². The number of hydrogen-bond acceptors (Lipinski definition) is 4.